The predicted octanol–water partition coefficient (Wildman–Crippen LogP) is 6.84. The molecule has 0 saturated heterocycles. The smallest absolute Gasteiger partial charge is 0.263 e. The number of benzene rings is 2. The van der Waals surface area contributed by atoms with Gasteiger partial charge in [-0.1, -0.05) is 51.2 Å². The van der Waals surface area contributed by atoms with Gasteiger partial charge in [-0.3, -0.25) is 9.36 Å². The van der Waals surface area contributed by atoms with Gasteiger partial charge in [-0.2, -0.15) is 0 Å². The van der Waals surface area contributed by atoms with Gasteiger partial charge in [0.05, 0.1) is 23.7 Å². The SMILES string of the molecule is CCCCc1cc(O)c2sc3nc(CCC4CCCC4)n(Cc4cccc(OC)c4)c(=O)c3c2c1. The van der Waals surface area contributed by atoms with Gasteiger partial charge in [0.15, 0.2) is 0 Å². The fourth-order valence-corrected chi connectivity index (χ4v) is 6.49. The Morgan fingerprint density at radius 1 is 1.14 bits per heavy atom. The maximum atomic E-state index is 14.0. The highest BCUT2D eigenvalue weighted by molar-refractivity contribution is 7.25. The fraction of sp³-hybridized carbons (Fsp3) is 0.448. The monoisotopic (exact) mass is 490 g/mol. The number of fused-ring (bicyclic) bond motifs is 3. The first-order chi connectivity index (χ1) is 17.1. The van der Waals surface area contributed by atoms with Gasteiger partial charge < -0.3 is 9.84 Å². The molecule has 0 spiro atoms. The molecule has 5 rings (SSSR count). The molecule has 0 amide bonds. The van der Waals surface area contributed by atoms with E-state index in [1.54, 1.807) is 7.11 Å². The van der Waals surface area contributed by atoms with Crippen molar-refractivity contribution in [2.75, 3.05) is 7.11 Å². The van der Waals surface area contributed by atoms with E-state index in [1.807, 2.05) is 34.9 Å². The van der Waals surface area contributed by atoms with Gasteiger partial charge in [0.25, 0.3) is 5.56 Å². The van der Waals surface area contributed by atoms with Crippen LogP contribution in [0.25, 0.3) is 20.3 Å². The van der Waals surface area contributed by atoms with Crippen LogP contribution in [0.4, 0.5) is 0 Å². The molecule has 5 nitrogen and oxygen atoms in total. The van der Waals surface area contributed by atoms with Crippen molar-refractivity contribution in [3.8, 4) is 11.5 Å². The van der Waals surface area contributed by atoms with Crippen LogP contribution in [-0.2, 0) is 19.4 Å². The van der Waals surface area contributed by atoms with Crippen LogP contribution < -0.4 is 10.3 Å². The number of thiophene rings is 1. The zero-order chi connectivity index (χ0) is 24.4. The maximum Gasteiger partial charge on any atom is 0.263 e. The second-order valence-electron chi connectivity index (χ2n) is 9.84. The van der Waals surface area contributed by atoms with Gasteiger partial charge >= 0.3 is 0 Å². The summed E-state index contributed by atoms with van der Waals surface area (Å²) in [5.41, 5.74) is 2.07. The summed E-state index contributed by atoms with van der Waals surface area (Å²) >= 11 is 1.43. The van der Waals surface area contributed by atoms with Crippen LogP contribution in [0.3, 0.4) is 0 Å². The molecule has 4 aromatic rings. The Bertz CT molecular complexity index is 1400. The lowest BCUT2D eigenvalue weighted by atomic mass is 10.0. The van der Waals surface area contributed by atoms with Crippen molar-refractivity contribution >= 4 is 31.6 Å². The van der Waals surface area contributed by atoms with Gasteiger partial charge in [-0.05, 0) is 60.6 Å². The van der Waals surface area contributed by atoms with Gasteiger partial charge in [0.1, 0.15) is 22.2 Å². The molecule has 184 valence electrons. The first-order valence-corrected chi connectivity index (χ1v) is 13.7. The molecular weight excluding hydrogens is 456 g/mol. The molecule has 6 heteroatoms. The molecule has 0 aliphatic heterocycles. The molecule has 1 N–H and O–H groups in total. The van der Waals surface area contributed by atoms with Crippen LogP contribution in [-0.4, -0.2) is 21.8 Å². The first-order valence-electron chi connectivity index (χ1n) is 12.9. The van der Waals surface area contributed by atoms with E-state index in [-0.39, 0.29) is 11.3 Å². The molecule has 0 radical (unpaired) electrons. The first kappa shape index (κ1) is 23.9. The number of aromatic hydroxyl groups is 1. The number of aryl methyl sites for hydroxylation is 2. The standard InChI is InChI=1S/C29H34N2O3S/c1-3-4-8-20-16-23-26-28(35-27(23)24(32)17-20)30-25(14-13-19-9-5-6-10-19)31(29(26)33)18-21-11-7-12-22(15-21)34-2/h7,11-12,15-17,19,32H,3-6,8-10,13-14,18H2,1-2H3. The second-order valence-corrected chi connectivity index (χ2v) is 10.8. The molecule has 2 aromatic heterocycles. The zero-order valence-electron chi connectivity index (χ0n) is 20.7. The summed E-state index contributed by atoms with van der Waals surface area (Å²) in [5, 5.41) is 12.2. The summed E-state index contributed by atoms with van der Waals surface area (Å²) in [6.45, 7) is 2.62. The second kappa shape index (κ2) is 10.4. The molecule has 35 heavy (non-hydrogen) atoms. The molecular formula is C29H34N2O3S. The summed E-state index contributed by atoms with van der Waals surface area (Å²) < 4.78 is 8.02. The van der Waals surface area contributed by atoms with Gasteiger partial charge in [0.2, 0.25) is 0 Å². The van der Waals surface area contributed by atoms with Crippen LogP contribution in [0.2, 0.25) is 0 Å². The molecule has 1 aliphatic rings. The van der Waals surface area contributed by atoms with E-state index in [4.69, 9.17) is 9.72 Å². The topological polar surface area (TPSA) is 64.3 Å². The number of phenolic OH excluding ortho intramolecular Hbond substituents is 1. The molecule has 0 bridgehead atoms. The Labute approximate surface area is 210 Å². The highest BCUT2D eigenvalue weighted by Gasteiger charge is 2.21. The van der Waals surface area contributed by atoms with E-state index < -0.39 is 0 Å². The van der Waals surface area contributed by atoms with E-state index in [1.165, 1.54) is 37.0 Å². The van der Waals surface area contributed by atoms with E-state index in [2.05, 4.69) is 13.0 Å². The number of hydrogen-bond acceptors (Lipinski definition) is 5. The fourth-order valence-electron chi connectivity index (χ4n) is 5.41. The van der Waals surface area contributed by atoms with Crippen LogP contribution >= 0.6 is 11.3 Å². The van der Waals surface area contributed by atoms with Crippen molar-refractivity contribution in [1.29, 1.82) is 0 Å². The van der Waals surface area contributed by atoms with Gasteiger partial charge in [-0.15, -0.1) is 11.3 Å². The largest absolute Gasteiger partial charge is 0.506 e. The van der Waals surface area contributed by atoms with Crippen LogP contribution in [0.1, 0.15) is 68.8 Å². The summed E-state index contributed by atoms with van der Waals surface area (Å²) in [4.78, 5) is 19.8. The van der Waals surface area contributed by atoms with E-state index in [0.717, 1.165) is 75.6 Å². The van der Waals surface area contributed by atoms with Crippen molar-refractivity contribution in [3.63, 3.8) is 0 Å². The van der Waals surface area contributed by atoms with E-state index >= 15 is 0 Å². The number of unbranched alkanes of at least 4 members (excludes halogenated alkanes) is 1. The number of ether oxygens (including phenoxy) is 1. The minimum atomic E-state index is -0.0162. The normalized spacial score (nSPS) is 14.3. The van der Waals surface area contributed by atoms with Gasteiger partial charge in [0, 0.05) is 11.8 Å². The number of phenols is 1. The Hall–Kier alpha value is -2.86. The van der Waals surface area contributed by atoms with Crippen molar-refractivity contribution < 1.29 is 9.84 Å². The van der Waals surface area contributed by atoms with Crippen molar-refractivity contribution in [2.24, 2.45) is 5.92 Å². The summed E-state index contributed by atoms with van der Waals surface area (Å²) in [7, 11) is 1.66. The number of nitrogens with zero attached hydrogens (tertiary/aromatic N) is 2. The highest BCUT2D eigenvalue weighted by atomic mass is 32.1. The lowest BCUT2D eigenvalue weighted by Crippen LogP contribution is -2.26. The van der Waals surface area contributed by atoms with Crippen molar-refractivity contribution in [3.05, 3.63) is 63.7 Å². The summed E-state index contributed by atoms with van der Waals surface area (Å²) in [5.74, 6) is 2.60. The Morgan fingerprint density at radius 3 is 2.74 bits per heavy atom. The number of hydrogen-bond donors (Lipinski definition) is 1. The molecule has 1 saturated carbocycles. The Balaban J connectivity index is 1.63. The average Bonchev–Trinajstić information content (AvgIpc) is 3.52. The molecule has 0 atom stereocenters. The zero-order valence-corrected chi connectivity index (χ0v) is 21.5. The summed E-state index contributed by atoms with van der Waals surface area (Å²) in [6.07, 6.45) is 10.1. The quantitative estimate of drug-likeness (QED) is 0.279. The molecule has 0 unspecified atom stereocenters. The van der Waals surface area contributed by atoms with E-state index in [0.29, 0.717) is 11.9 Å². The summed E-state index contributed by atoms with van der Waals surface area (Å²) in [6, 6.07) is 11.8. The Morgan fingerprint density at radius 2 is 1.97 bits per heavy atom. The van der Waals surface area contributed by atoms with Crippen molar-refractivity contribution in [2.45, 2.75) is 71.3 Å². The molecule has 1 aliphatic carbocycles. The van der Waals surface area contributed by atoms with Gasteiger partial charge in [-0.25, -0.2) is 4.98 Å². The molecule has 2 heterocycles. The predicted molar refractivity (Wildman–Crippen MR) is 144 cm³/mol. The third kappa shape index (κ3) is 4.94. The average molecular weight is 491 g/mol. The van der Waals surface area contributed by atoms with Crippen molar-refractivity contribution in [1.82, 2.24) is 9.55 Å². The number of aromatic nitrogens is 2. The minimum Gasteiger partial charge on any atom is -0.506 e. The lowest BCUT2D eigenvalue weighted by molar-refractivity contribution is 0.414. The third-order valence-electron chi connectivity index (χ3n) is 7.36. The van der Waals surface area contributed by atoms with Crippen LogP contribution in [0.15, 0.2) is 41.2 Å². The van der Waals surface area contributed by atoms with Crippen LogP contribution in [0, 0.1) is 5.92 Å². The van der Waals surface area contributed by atoms with E-state index in [9.17, 15) is 9.90 Å². The third-order valence-corrected chi connectivity index (χ3v) is 8.48. The maximum absolute atomic E-state index is 14.0. The molecule has 1 fully saturated rings. The number of methoxy groups -OCH3 is 1. The highest BCUT2D eigenvalue weighted by Crippen LogP contribution is 2.38. The van der Waals surface area contributed by atoms with Crippen LogP contribution in [0.5, 0.6) is 11.5 Å². The number of rotatable bonds is 9. The minimum absolute atomic E-state index is 0.0162. The molecule has 2 aromatic carbocycles. The lowest BCUT2D eigenvalue weighted by Gasteiger charge is -2.15. The Kier molecular flexibility index (Phi) is 7.09.